The number of nitrogens with two attached hydrogens (primary N) is 1. The number of likely N-dealkylation sites (N-methyl/N-ethyl adjacent to an activating group) is 2. The van der Waals surface area contributed by atoms with Crippen LogP contribution in [0.2, 0.25) is 0 Å². The fourth-order valence-electron chi connectivity index (χ4n) is 6.02. The third-order valence-electron chi connectivity index (χ3n) is 7.72. The monoisotopic (exact) mass is 598 g/mol. The molecule has 0 aliphatic heterocycles. The van der Waals surface area contributed by atoms with E-state index < -0.39 is 105 Å². The lowest BCUT2D eigenvalue weighted by Crippen LogP contribution is -2.65. The number of hydrogen-bond acceptors (Lipinski definition) is 11. The maximum Gasteiger partial charge on any atom is 0.573 e. The molecule has 228 valence electrons. The first kappa shape index (κ1) is 30.8. The summed E-state index contributed by atoms with van der Waals surface area (Å²) in [5.74, 6) is -11.2. The van der Waals surface area contributed by atoms with Gasteiger partial charge in [-0.05, 0) is 39.4 Å². The van der Waals surface area contributed by atoms with E-state index >= 15 is 0 Å². The van der Waals surface area contributed by atoms with Gasteiger partial charge in [0, 0.05) is 23.1 Å². The summed E-state index contributed by atoms with van der Waals surface area (Å²) in [5, 5.41) is 49.7. The molecule has 1 aromatic carbocycles. The predicted molar refractivity (Wildman–Crippen MR) is 138 cm³/mol. The van der Waals surface area contributed by atoms with Crippen molar-refractivity contribution in [3.05, 3.63) is 34.1 Å². The quantitative estimate of drug-likeness (QED) is 0.169. The third-order valence-corrected chi connectivity index (χ3v) is 7.72. The Balaban J connectivity index is 1.95. The number of benzene rings is 1. The van der Waals surface area contributed by atoms with Crippen molar-refractivity contribution in [1.82, 2.24) is 10.2 Å². The van der Waals surface area contributed by atoms with Crippen LogP contribution in [-0.2, 0) is 25.6 Å². The van der Waals surface area contributed by atoms with Crippen LogP contribution in [0.15, 0.2) is 23.0 Å². The van der Waals surface area contributed by atoms with Crippen LogP contribution in [0.1, 0.15) is 24.5 Å². The van der Waals surface area contributed by atoms with Crippen LogP contribution in [0, 0.1) is 11.8 Å². The molecule has 8 N–H and O–H groups in total. The van der Waals surface area contributed by atoms with Gasteiger partial charge in [0.05, 0.1) is 23.8 Å². The summed E-state index contributed by atoms with van der Waals surface area (Å²) < 4.78 is 44.4. The van der Waals surface area contributed by atoms with Gasteiger partial charge in [-0.3, -0.25) is 24.1 Å². The van der Waals surface area contributed by atoms with Gasteiger partial charge in [0.25, 0.3) is 5.91 Å². The molecule has 2 amide bonds. The summed E-state index contributed by atoms with van der Waals surface area (Å²) >= 11 is 0. The number of nitrogens with zero attached hydrogens (tertiary/aromatic N) is 1. The minimum absolute atomic E-state index is 0.274. The maximum absolute atomic E-state index is 13.9. The van der Waals surface area contributed by atoms with Gasteiger partial charge in [0.2, 0.25) is 11.7 Å². The second-order valence-corrected chi connectivity index (χ2v) is 10.5. The van der Waals surface area contributed by atoms with Gasteiger partial charge in [0.15, 0.2) is 17.1 Å². The van der Waals surface area contributed by atoms with E-state index in [9.17, 15) is 52.8 Å². The van der Waals surface area contributed by atoms with E-state index in [1.807, 2.05) is 0 Å². The molecule has 42 heavy (non-hydrogen) atoms. The number of amides is 2. The number of phenols is 1. The van der Waals surface area contributed by atoms with E-state index in [4.69, 9.17) is 5.73 Å². The predicted octanol–water partition coefficient (Wildman–Crippen LogP) is 0.411. The van der Waals surface area contributed by atoms with Crippen molar-refractivity contribution in [1.29, 1.82) is 0 Å². The molecule has 4 atom stereocenters. The number of Topliss-reactive ketones (excluding diaryl/α,β-unsaturated/α-hetero) is 2. The molecule has 4 rings (SSSR count). The molecule has 0 saturated heterocycles. The third kappa shape index (κ3) is 4.84. The number of hydrogen-bond donors (Lipinski definition) is 7. The molecule has 0 radical (unpaired) electrons. The number of alkyl halides is 3. The highest BCUT2D eigenvalue weighted by Gasteiger charge is 2.64. The summed E-state index contributed by atoms with van der Waals surface area (Å²) in [6, 6.07) is -0.637. The van der Waals surface area contributed by atoms with E-state index in [0.717, 1.165) is 6.07 Å². The van der Waals surface area contributed by atoms with E-state index in [1.54, 1.807) is 6.92 Å². The van der Waals surface area contributed by atoms with Crippen molar-refractivity contribution in [3.63, 3.8) is 0 Å². The number of aliphatic hydroxyl groups excluding tert-OH is 2. The van der Waals surface area contributed by atoms with Crippen molar-refractivity contribution in [2.75, 3.05) is 32.5 Å². The van der Waals surface area contributed by atoms with E-state index in [0.29, 0.717) is 6.54 Å². The first-order valence-corrected chi connectivity index (χ1v) is 12.8. The van der Waals surface area contributed by atoms with Crippen LogP contribution in [-0.4, -0.2) is 93.9 Å². The molecule has 0 spiro atoms. The number of carbonyl (C=O) groups is 4. The van der Waals surface area contributed by atoms with Crippen molar-refractivity contribution in [2.24, 2.45) is 17.6 Å². The summed E-state index contributed by atoms with van der Waals surface area (Å²) in [6.07, 6.45) is -6.01. The highest BCUT2D eigenvalue weighted by Crippen LogP contribution is 2.55. The lowest BCUT2D eigenvalue weighted by molar-refractivity contribution is -0.275. The highest BCUT2D eigenvalue weighted by molar-refractivity contribution is 6.24. The normalized spacial score (nSPS) is 25.7. The fourth-order valence-corrected chi connectivity index (χ4v) is 6.02. The van der Waals surface area contributed by atoms with Gasteiger partial charge >= 0.3 is 6.36 Å². The average Bonchev–Trinajstić information content (AvgIpc) is 2.86. The largest absolute Gasteiger partial charge is 0.573 e. The number of primary amides is 1. The Morgan fingerprint density at radius 3 is 2.40 bits per heavy atom. The number of carbonyl (C=O) groups excluding carboxylic acids is 4. The number of aromatic hydroxyl groups is 1. The number of halogens is 3. The first-order chi connectivity index (χ1) is 19.4. The molecule has 0 heterocycles. The lowest BCUT2D eigenvalue weighted by Gasteiger charge is -2.50. The zero-order valence-corrected chi connectivity index (χ0v) is 22.6. The zero-order valence-electron chi connectivity index (χ0n) is 22.6. The minimum Gasteiger partial charge on any atom is -0.508 e. The molecular weight excluding hydrogens is 569 g/mol. The molecule has 16 heteroatoms. The van der Waals surface area contributed by atoms with Crippen LogP contribution in [0.5, 0.6) is 11.5 Å². The van der Waals surface area contributed by atoms with Crippen LogP contribution >= 0.6 is 0 Å². The van der Waals surface area contributed by atoms with Crippen LogP contribution in [0.3, 0.4) is 0 Å². The Bertz CT molecular complexity index is 1450. The molecule has 0 bridgehead atoms. The van der Waals surface area contributed by atoms with Crippen LogP contribution < -0.4 is 21.1 Å². The molecule has 1 saturated carbocycles. The Morgan fingerprint density at radius 2 is 1.86 bits per heavy atom. The molecular formula is C26H29F3N4O9. The maximum atomic E-state index is 13.9. The van der Waals surface area contributed by atoms with Gasteiger partial charge in [-0.1, -0.05) is 6.92 Å². The highest BCUT2D eigenvalue weighted by atomic mass is 19.4. The van der Waals surface area contributed by atoms with Gasteiger partial charge in [0.1, 0.15) is 22.8 Å². The number of nitrogens with one attached hydrogen (secondary N) is 2. The molecule has 1 aromatic rings. The second-order valence-electron chi connectivity index (χ2n) is 10.5. The van der Waals surface area contributed by atoms with Gasteiger partial charge in [-0.15, -0.1) is 13.2 Å². The van der Waals surface area contributed by atoms with Crippen molar-refractivity contribution < 1.29 is 57.5 Å². The number of fused-ring (bicyclic) bond motifs is 3. The average molecular weight is 599 g/mol. The lowest BCUT2D eigenvalue weighted by atomic mass is 9.57. The fraction of sp³-hybridized carbons (Fsp3) is 0.462. The van der Waals surface area contributed by atoms with E-state index in [1.165, 1.54) is 19.0 Å². The number of ether oxygens (including phenoxy) is 1. The summed E-state index contributed by atoms with van der Waals surface area (Å²) in [4.78, 5) is 52.6. The number of ketones is 2. The molecule has 3 aliphatic rings. The second kappa shape index (κ2) is 10.6. The Morgan fingerprint density at radius 1 is 1.21 bits per heavy atom. The molecule has 3 aliphatic carbocycles. The Labute approximate surface area is 236 Å². The topological polar surface area (TPSA) is 212 Å². The number of rotatable bonds is 7. The van der Waals surface area contributed by atoms with E-state index in [-0.39, 0.29) is 18.5 Å². The SMILES string of the molecule is CCNCC(=O)Nc1cc(OC(F)(F)F)c2c(c1O)C(O)=C1C(=O)[C@]3(O)C(O)=C(C(N)=O)C(=O)[C@@H](N(C)C)[C@@H]3C[C@@H]1C2. The van der Waals surface area contributed by atoms with Crippen molar-refractivity contribution in [2.45, 2.75) is 37.8 Å². The number of anilines is 1. The van der Waals surface area contributed by atoms with Crippen molar-refractivity contribution in [3.8, 4) is 11.5 Å². The van der Waals surface area contributed by atoms with E-state index in [2.05, 4.69) is 15.4 Å². The minimum atomic E-state index is -5.23. The Kier molecular flexibility index (Phi) is 7.77. The molecule has 13 nitrogen and oxygen atoms in total. The van der Waals surface area contributed by atoms with Crippen molar-refractivity contribution >= 4 is 34.8 Å². The summed E-state index contributed by atoms with van der Waals surface area (Å²) in [6.45, 7) is 1.80. The van der Waals surface area contributed by atoms with Gasteiger partial charge in [-0.25, -0.2) is 0 Å². The van der Waals surface area contributed by atoms with Gasteiger partial charge < -0.3 is 41.5 Å². The standard InChI is InChI=1S/C26H29F3N4O9/c1-4-31-8-14(34)32-12-7-13(42-26(27,28)29)10-5-9-6-11-18(33(2)3)21(37)17(24(30)40)23(39)25(11,41)22(38)15(9)20(36)16(10)19(12)35/h7,9,11,18,31,35-36,39,41H,4-6,8H2,1-3H3,(H2,30,40)(H,32,34)/t9-,11-,18-,25-/m0/s1. The number of phenolic OH excluding ortho intramolecular Hbond substituents is 1. The summed E-state index contributed by atoms with van der Waals surface area (Å²) in [7, 11) is 2.82. The Hall–Kier alpha value is -4.15. The smallest absolute Gasteiger partial charge is 0.508 e. The molecule has 0 unspecified atom stereocenters. The van der Waals surface area contributed by atoms with Crippen LogP contribution in [0.4, 0.5) is 18.9 Å². The number of aliphatic hydroxyl groups is 3. The summed E-state index contributed by atoms with van der Waals surface area (Å²) in [5.41, 5.74) is -0.846. The molecule has 0 aromatic heterocycles. The molecule has 1 fully saturated rings. The van der Waals surface area contributed by atoms with Crippen LogP contribution in [0.25, 0.3) is 5.76 Å². The zero-order chi connectivity index (χ0) is 31.5. The van der Waals surface area contributed by atoms with Gasteiger partial charge in [-0.2, -0.15) is 0 Å². The first-order valence-electron chi connectivity index (χ1n) is 12.8.